The Labute approximate surface area is 200 Å². The Kier molecular flexibility index (Phi) is 5.51. The van der Waals surface area contributed by atoms with E-state index in [1.807, 2.05) is 6.07 Å². The molecule has 0 saturated carbocycles. The van der Waals surface area contributed by atoms with Gasteiger partial charge in [-0.1, -0.05) is 0 Å². The summed E-state index contributed by atoms with van der Waals surface area (Å²) in [4.78, 5) is 30.5. The van der Waals surface area contributed by atoms with Gasteiger partial charge >= 0.3 is 0 Å². The first-order valence-corrected chi connectivity index (χ1v) is 11.8. The third-order valence-electron chi connectivity index (χ3n) is 7.15. The van der Waals surface area contributed by atoms with Crippen molar-refractivity contribution in [2.45, 2.75) is 25.1 Å². The predicted molar refractivity (Wildman–Crippen MR) is 127 cm³/mol. The number of rotatable bonds is 6. The van der Waals surface area contributed by atoms with E-state index in [2.05, 4.69) is 20.5 Å². The van der Waals surface area contributed by atoms with Crippen LogP contribution in [-0.2, 0) is 17.9 Å². The number of fused-ring (bicyclic) bond motifs is 1. The normalized spacial score (nSPS) is 23.4. The number of amides is 1. The van der Waals surface area contributed by atoms with Crippen molar-refractivity contribution in [1.82, 2.24) is 19.8 Å². The summed E-state index contributed by atoms with van der Waals surface area (Å²) in [6.07, 6.45) is -0.501. The minimum atomic E-state index is -0.501. The fourth-order valence-corrected chi connectivity index (χ4v) is 5.52. The van der Waals surface area contributed by atoms with Gasteiger partial charge < -0.3 is 25.0 Å². The second kappa shape index (κ2) is 8.71. The number of carbonyl (C=O) groups excluding carboxylic acids is 1. The molecule has 6 rings (SSSR count). The van der Waals surface area contributed by atoms with Crippen LogP contribution in [0, 0.1) is 11.7 Å². The maximum atomic E-state index is 14.8. The highest BCUT2D eigenvalue weighted by Gasteiger charge is 2.35. The number of benzene rings is 1. The number of nitrogens with one attached hydrogen (secondary N) is 2. The fraction of sp³-hybridized carbons (Fsp3) is 0.400. The van der Waals surface area contributed by atoms with Gasteiger partial charge in [-0.2, -0.15) is 0 Å². The molecule has 1 unspecified atom stereocenters. The number of likely N-dealkylation sites (tertiary alicyclic amines) is 1. The smallest absolute Gasteiger partial charge is 0.263 e. The molecule has 10 heteroatoms. The quantitative estimate of drug-likeness (QED) is 0.485. The second-order valence-corrected chi connectivity index (χ2v) is 9.54. The molecule has 3 aliphatic rings. The molecule has 0 aliphatic carbocycles. The van der Waals surface area contributed by atoms with Gasteiger partial charge in [-0.15, -0.1) is 0 Å². The van der Waals surface area contributed by atoms with Crippen molar-refractivity contribution in [3.05, 3.63) is 63.8 Å². The molecule has 0 spiro atoms. The van der Waals surface area contributed by atoms with Crippen molar-refractivity contribution in [2.75, 3.05) is 38.1 Å². The van der Waals surface area contributed by atoms with Crippen LogP contribution in [-0.4, -0.2) is 64.4 Å². The van der Waals surface area contributed by atoms with E-state index in [-0.39, 0.29) is 35.7 Å². The highest BCUT2D eigenvalue weighted by molar-refractivity contribution is 5.94. The van der Waals surface area contributed by atoms with Crippen LogP contribution in [0.15, 0.2) is 41.2 Å². The number of hydrogen-bond acceptors (Lipinski definition) is 7. The summed E-state index contributed by atoms with van der Waals surface area (Å²) >= 11 is 0. The Morgan fingerprint density at radius 1 is 1.14 bits per heavy atom. The first-order chi connectivity index (χ1) is 17.0. The van der Waals surface area contributed by atoms with Crippen molar-refractivity contribution in [2.24, 2.45) is 5.92 Å². The molecule has 3 atom stereocenters. The van der Waals surface area contributed by atoms with Crippen molar-refractivity contribution >= 4 is 22.6 Å². The van der Waals surface area contributed by atoms with Crippen LogP contribution in [0.3, 0.4) is 0 Å². The van der Waals surface area contributed by atoms with Gasteiger partial charge in [0, 0.05) is 62.7 Å². The summed E-state index contributed by atoms with van der Waals surface area (Å²) in [5.74, 6) is 0.352. The zero-order chi connectivity index (χ0) is 24.1. The van der Waals surface area contributed by atoms with Gasteiger partial charge in [-0.05, 0) is 35.7 Å². The first kappa shape index (κ1) is 22.1. The Balaban J connectivity index is 1.08. The first-order valence-electron chi connectivity index (χ1n) is 11.8. The molecule has 5 heterocycles. The average molecular weight is 480 g/mol. The number of aliphatic hydroxyl groups is 1. The molecule has 0 bridgehead atoms. The standard InChI is InChI=1S/C25H26FN5O4/c26-18-4-1-14-2-6-22(34)31-11-16(23(18)24(14)31)10-30-9-15(19(32)12-30)7-27-8-17-3-5-20-25(28-17)29-21(33)13-35-20/h1-6,15-16,19,27,32H,7-13H2,(H,28,29,33)/t15-,16?,19-/m1/s1. The lowest BCUT2D eigenvalue weighted by Crippen LogP contribution is -2.31. The highest BCUT2D eigenvalue weighted by atomic mass is 19.1. The van der Waals surface area contributed by atoms with Crippen LogP contribution in [0.5, 0.6) is 5.75 Å². The minimum Gasteiger partial charge on any atom is -0.480 e. The monoisotopic (exact) mass is 479 g/mol. The van der Waals surface area contributed by atoms with Crippen LogP contribution >= 0.6 is 0 Å². The minimum absolute atomic E-state index is 0.00613. The van der Waals surface area contributed by atoms with E-state index in [1.165, 1.54) is 12.1 Å². The fourth-order valence-electron chi connectivity index (χ4n) is 5.52. The number of β-amino-alcohol motifs (C(OH)–C–C–N with tert-alkyl or cyclic N) is 1. The van der Waals surface area contributed by atoms with Crippen LogP contribution in [0.25, 0.3) is 10.9 Å². The number of anilines is 1. The van der Waals surface area contributed by atoms with Crippen LogP contribution < -0.4 is 20.9 Å². The molecule has 9 nitrogen and oxygen atoms in total. The van der Waals surface area contributed by atoms with Crippen LogP contribution in [0.2, 0.25) is 0 Å². The number of aromatic nitrogens is 2. The number of carbonyl (C=O) groups is 1. The summed E-state index contributed by atoms with van der Waals surface area (Å²) in [5, 5.41) is 17.6. The molecule has 0 radical (unpaired) electrons. The molecule has 3 aromatic rings. The number of nitrogens with zero attached hydrogens (tertiary/aromatic N) is 3. The van der Waals surface area contributed by atoms with Gasteiger partial charge in [0.2, 0.25) is 0 Å². The Hall–Kier alpha value is -3.34. The SMILES string of the molecule is O=C1COc2ccc(CNC[C@@H]3CN(CC4Cn5c(=O)ccc6ccc(F)c4c65)C[C@H]3O)nc2N1. The zero-order valence-corrected chi connectivity index (χ0v) is 19.0. The van der Waals surface area contributed by atoms with Crippen molar-refractivity contribution < 1.29 is 19.0 Å². The van der Waals surface area contributed by atoms with Crippen molar-refractivity contribution in [1.29, 1.82) is 0 Å². The molecule has 3 N–H and O–H groups in total. The molecule has 35 heavy (non-hydrogen) atoms. The lowest BCUT2D eigenvalue weighted by Gasteiger charge is -2.21. The van der Waals surface area contributed by atoms with E-state index in [9.17, 15) is 19.1 Å². The average Bonchev–Trinajstić information content (AvgIpc) is 3.39. The van der Waals surface area contributed by atoms with Gasteiger partial charge in [-0.25, -0.2) is 9.37 Å². The van der Waals surface area contributed by atoms with E-state index < -0.39 is 6.10 Å². The van der Waals surface area contributed by atoms with Crippen molar-refractivity contribution in [3.63, 3.8) is 0 Å². The maximum absolute atomic E-state index is 14.8. The number of hydrogen-bond donors (Lipinski definition) is 3. The van der Waals surface area contributed by atoms with Gasteiger partial charge in [-0.3, -0.25) is 14.5 Å². The molecule has 3 aliphatic heterocycles. The van der Waals surface area contributed by atoms with E-state index in [1.54, 1.807) is 22.8 Å². The molecule has 1 fully saturated rings. The van der Waals surface area contributed by atoms with E-state index in [4.69, 9.17) is 4.74 Å². The van der Waals surface area contributed by atoms with Gasteiger partial charge in [0.25, 0.3) is 11.5 Å². The van der Waals surface area contributed by atoms with Gasteiger partial charge in [0.15, 0.2) is 18.2 Å². The molecule has 1 aromatic carbocycles. The third kappa shape index (κ3) is 4.07. The predicted octanol–water partition coefficient (Wildman–Crippen LogP) is 1.05. The maximum Gasteiger partial charge on any atom is 0.263 e. The Morgan fingerprint density at radius 3 is 2.89 bits per heavy atom. The van der Waals surface area contributed by atoms with E-state index in [0.717, 1.165) is 11.1 Å². The lowest BCUT2D eigenvalue weighted by atomic mass is 9.98. The number of pyridine rings is 2. The topological polar surface area (TPSA) is 109 Å². The number of halogens is 1. The second-order valence-electron chi connectivity index (χ2n) is 9.54. The lowest BCUT2D eigenvalue weighted by molar-refractivity contribution is -0.118. The Bertz CT molecular complexity index is 1380. The van der Waals surface area contributed by atoms with Crippen LogP contribution in [0.1, 0.15) is 17.2 Å². The third-order valence-corrected chi connectivity index (χ3v) is 7.15. The zero-order valence-electron chi connectivity index (χ0n) is 19.0. The summed E-state index contributed by atoms with van der Waals surface area (Å²) in [6.45, 7) is 3.28. The molecule has 182 valence electrons. The number of aliphatic hydroxyl groups excluding tert-OH is 1. The summed E-state index contributed by atoms with van der Waals surface area (Å²) < 4.78 is 21.8. The van der Waals surface area contributed by atoms with Gasteiger partial charge in [0.05, 0.1) is 17.3 Å². The summed E-state index contributed by atoms with van der Waals surface area (Å²) in [7, 11) is 0. The van der Waals surface area contributed by atoms with Crippen LogP contribution in [0.4, 0.5) is 10.2 Å². The van der Waals surface area contributed by atoms with E-state index in [0.29, 0.717) is 61.9 Å². The summed E-state index contributed by atoms with van der Waals surface area (Å²) in [6, 6.07) is 10.1. The highest BCUT2D eigenvalue weighted by Crippen LogP contribution is 2.36. The summed E-state index contributed by atoms with van der Waals surface area (Å²) in [5.41, 5.74) is 1.94. The molecular formula is C25H26FN5O4. The van der Waals surface area contributed by atoms with Gasteiger partial charge in [0.1, 0.15) is 5.82 Å². The Morgan fingerprint density at radius 2 is 2.00 bits per heavy atom. The molecular weight excluding hydrogens is 453 g/mol. The molecule has 1 amide bonds. The largest absolute Gasteiger partial charge is 0.480 e. The molecule has 1 saturated heterocycles. The van der Waals surface area contributed by atoms with Crippen molar-refractivity contribution in [3.8, 4) is 5.75 Å². The molecule has 2 aromatic heterocycles. The van der Waals surface area contributed by atoms with E-state index >= 15 is 0 Å². The number of ether oxygens (including phenoxy) is 1.